The molecule has 0 saturated carbocycles. The first-order valence-corrected chi connectivity index (χ1v) is 10.2. The predicted molar refractivity (Wildman–Crippen MR) is 102 cm³/mol. The summed E-state index contributed by atoms with van der Waals surface area (Å²) in [6, 6.07) is 8.45. The number of anilines is 1. The maximum Gasteiger partial charge on any atom is 0.252 e. The van der Waals surface area contributed by atoms with Crippen LogP contribution in [0.15, 0.2) is 34.5 Å². The van der Waals surface area contributed by atoms with Crippen molar-refractivity contribution in [1.29, 1.82) is 0 Å². The lowest BCUT2D eigenvalue weighted by molar-refractivity contribution is -0.116. The second-order valence-electron chi connectivity index (χ2n) is 4.83. The van der Waals surface area contributed by atoms with Gasteiger partial charge in [-0.3, -0.25) is 4.79 Å². The lowest BCUT2D eigenvalue weighted by Gasteiger charge is -2.16. The first-order valence-electron chi connectivity index (χ1n) is 6.48. The first-order chi connectivity index (χ1) is 10.7. The van der Waals surface area contributed by atoms with Gasteiger partial charge >= 0.3 is 0 Å². The number of amides is 1. The minimum Gasteiger partial charge on any atom is -0.325 e. The molecule has 0 unspecified atom stereocenters. The number of carbonyl (C=O) groups excluding carboxylic acids is 1. The van der Waals surface area contributed by atoms with E-state index in [4.69, 9.17) is 11.6 Å². The van der Waals surface area contributed by atoms with Crippen LogP contribution in [0.3, 0.4) is 0 Å². The topological polar surface area (TPSA) is 66.5 Å². The Bertz CT molecular complexity index is 836. The third kappa shape index (κ3) is 4.66. The molecule has 0 bridgehead atoms. The molecule has 2 aromatic rings. The van der Waals surface area contributed by atoms with Crippen LogP contribution in [0.4, 0.5) is 5.69 Å². The van der Waals surface area contributed by atoms with Crippen LogP contribution in [-0.2, 0) is 14.8 Å². The van der Waals surface area contributed by atoms with Gasteiger partial charge < -0.3 is 5.32 Å². The minimum absolute atomic E-state index is 0.114. The van der Waals surface area contributed by atoms with Crippen LogP contribution in [0.5, 0.6) is 0 Å². The predicted octanol–water partition coefficient (Wildman–Crippen LogP) is 3.57. The molecule has 0 aliphatic carbocycles. The standard InChI is InChI=1S/C14H14ClIN2O3S2/c1-9-3-4-10(7-11(9)16)17-13(19)8-18(2)23(20,21)14-6-5-12(15)22-14/h3-7H,8H2,1-2H3,(H,17,19). The summed E-state index contributed by atoms with van der Waals surface area (Å²) in [6.07, 6.45) is 0. The van der Waals surface area contributed by atoms with Crippen molar-refractivity contribution >= 4 is 67.1 Å². The monoisotopic (exact) mass is 484 g/mol. The van der Waals surface area contributed by atoms with Gasteiger partial charge in [-0.15, -0.1) is 11.3 Å². The van der Waals surface area contributed by atoms with E-state index in [2.05, 4.69) is 27.9 Å². The number of carbonyl (C=O) groups is 1. The number of hydrogen-bond acceptors (Lipinski definition) is 4. The van der Waals surface area contributed by atoms with Gasteiger partial charge in [0.15, 0.2) is 0 Å². The van der Waals surface area contributed by atoms with Gasteiger partial charge in [0, 0.05) is 16.3 Å². The van der Waals surface area contributed by atoms with E-state index in [1.165, 1.54) is 19.2 Å². The van der Waals surface area contributed by atoms with Crippen LogP contribution in [-0.4, -0.2) is 32.2 Å². The highest BCUT2D eigenvalue weighted by Crippen LogP contribution is 2.27. The summed E-state index contributed by atoms with van der Waals surface area (Å²) in [4.78, 5) is 12.1. The highest BCUT2D eigenvalue weighted by atomic mass is 127. The molecule has 1 aromatic heterocycles. The first kappa shape index (κ1) is 18.7. The lowest BCUT2D eigenvalue weighted by Crippen LogP contribution is -2.34. The molecule has 0 aliphatic heterocycles. The van der Waals surface area contributed by atoms with Crippen molar-refractivity contribution in [2.24, 2.45) is 0 Å². The number of likely N-dealkylation sites (N-methyl/N-ethyl adjacent to an activating group) is 1. The van der Waals surface area contributed by atoms with Gasteiger partial charge in [-0.25, -0.2) is 8.42 Å². The lowest BCUT2D eigenvalue weighted by atomic mass is 10.2. The fourth-order valence-electron chi connectivity index (χ4n) is 1.75. The maximum atomic E-state index is 12.3. The summed E-state index contributed by atoms with van der Waals surface area (Å²) in [5.41, 5.74) is 1.74. The van der Waals surface area contributed by atoms with E-state index >= 15 is 0 Å². The molecule has 23 heavy (non-hydrogen) atoms. The van der Waals surface area contributed by atoms with E-state index in [1.807, 2.05) is 19.1 Å². The largest absolute Gasteiger partial charge is 0.325 e. The number of sulfonamides is 1. The van der Waals surface area contributed by atoms with Gasteiger partial charge in [-0.2, -0.15) is 4.31 Å². The number of nitrogens with one attached hydrogen (secondary N) is 1. The molecule has 1 aromatic carbocycles. The van der Waals surface area contributed by atoms with E-state index in [9.17, 15) is 13.2 Å². The molecule has 0 radical (unpaired) electrons. The molecular formula is C14H14ClIN2O3S2. The number of hydrogen-bond donors (Lipinski definition) is 1. The highest BCUT2D eigenvalue weighted by Gasteiger charge is 2.24. The average molecular weight is 485 g/mol. The van der Waals surface area contributed by atoms with Crippen LogP contribution in [0, 0.1) is 10.5 Å². The third-order valence-electron chi connectivity index (χ3n) is 3.03. The number of rotatable bonds is 5. The molecule has 0 saturated heterocycles. The number of thiophene rings is 1. The Morgan fingerprint density at radius 1 is 1.35 bits per heavy atom. The Balaban J connectivity index is 2.06. The van der Waals surface area contributed by atoms with Gasteiger partial charge in [0.05, 0.1) is 10.9 Å². The van der Waals surface area contributed by atoms with E-state index in [0.717, 1.165) is 24.8 Å². The molecule has 0 aliphatic rings. The van der Waals surface area contributed by atoms with Crippen molar-refractivity contribution in [1.82, 2.24) is 4.31 Å². The minimum atomic E-state index is -3.72. The van der Waals surface area contributed by atoms with E-state index in [0.29, 0.717) is 10.0 Å². The van der Waals surface area contributed by atoms with Crippen LogP contribution < -0.4 is 5.32 Å². The molecule has 9 heteroatoms. The Morgan fingerprint density at radius 3 is 2.61 bits per heavy atom. The summed E-state index contributed by atoms with van der Waals surface area (Å²) in [7, 11) is -2.35. The van der Waals surface area contributed by atoms with Crippen molar-refractivity contribution in [3.63, 3.8) is 0 Å². The molecular weight excluding hydrogens is 471 g/mol. The molecule has 0 spiro atoms. The summed E-state index contributed by atoms with van der Waals surface area (Å²) in [5.74, 6) is -0.404. The molecule has 5 nitrogen and oxygen atoms in total. The molecule has 1 N–H and O–H groups in total. The van der Waals surface area contributed by atoms with Crippen LogP contribution >= 0.6 is 45.5 Å². The normalized spacial score (nSPS) is 11.7. The van der Waals surface area contributed by atoms with Gasteiger partial charge in [-0.1, -0.05) is 17.7 Å². The molecule has 1 heterocycles. The zero-order valence-electron chi connectivity index (χ0n) is 12.3. The smallest absolute Gasteiger partial charge is 0.252 e. The Kier molecular flexibility index (Phi) is 6.06. The van der Waals surface area contributed by atoms with E-state index < -0.39 is 15.9 Å². The average Bonchev–Trinajstić information content (AvgIpc) is 2.90. The van der Waals surface area contributed by atoms with Gasteiger partial charge in [-0.05, 0) is 59.3 Å². The number of nitrogens with zero attached hydrogens (tertiary/aromatic N) is 1. The van der Waals surface area contributed by atoms with E-state index in [-0.39, 0.29) is 10.8 Å². The van der Waals surface area contributed by atoms with Crippen molar-refractivity contribution in [3.05, 3.63) is 43.8 Å². The van der Waals surface area contributed by atoms with Crippen LogP contribution in [0.25, 0.3) is 0 Å². The summed E-state index contributed by atoms with van der Waals surface area (Å²) >= 11 is 8.90. The van der Waals surface area contributed by atoms with Crippen molar-refractivity contribution in [2.75, 3.05) is 18.9 Å². The van der Waals surface area contributed by atoms with Gasteiger partial charge in [0.1, 0.15) is 4.21 Å². The number of aryl methyl sites for hydroxylation is 1. The Hall–Kier alpha value is -0.680. The van der Waals surface area contributed by atoms with Crippen molar-refractivity contribution in [3.8, 4) is 0 Å². The quantitative estimate of drug-likeness (QED) is 0.660. The summed E-state index contributed by atoms with van der Waals surface area (Å²) < 4.78 is 27.2. The fraction of sp³-hybridized carbons (Fsp3) is 0.214. The molecule has 0 atom stereocenters. The van der Waals surface area contributed by atoms with Crippen molar-refractivity contribution in [2.45, 2.75) is 11.1 Å². The third-order valence-corrected chi connectivity index (χ3v) is 7.70. The molecule has 1 amide bonds. The zero-order valence-corrected chi connectivity index (χ0v) is 16.9. The SMILES string of the molecule is Cc1ccc(NC(=O)CN(C)S(=O)(=O)c2ccc(Cl)s2)cc1I. The number of halogens is 2. The molecule has 2 rings (SSSR count). The Morgan fingerprint density at radius 2 is 2.04 bits per heavy atom. The second-order valence-corrected chi connectivity index (χ2v) is 9.98. The summed E-state index contributed by atoms with van der Waals surface area (Å²) in [6.45, 7) is 1.70. The van der Waals surface area contributed by atoms with Gasteiger partial charge in [0.2, 0.25) is 5.91 Å². The van der Waals surface area contributed by atoms with Crippen molar-refractivity contribution < 1.29 is 13.2 Å². The zero-order chi connectivity index (χ0) is 17.2. The number of benzene rings is 1. The molecule has 124 valence electrons. The second kappa shape index (κ2) is 7.47. The van der Waals surface area contributed by atoms with Gasteiger partial charge in [0.25, 0.3) is 10.0 Å². The summed E-state index contributed by atoms with van der Waals surface area (Å²) in [5, 5.41) is 2.70. The van der Waals surface area contributed by atoms with E-state index in [1.54, 1.807) is 6.07 Å². The maximum absolute atomic E-state index is 12.3. The fourth-order valence-corrected chi connectivity index (χ4v) is 5.08. The Labute approximate surface area is 157 Å². The highest BCUT2D eigenvalue weighted by molar-refractivity contribution is 14.1. The van der Waals surface area contributed by atoms with Crippen LogP contribution in [0.2, 0.25) is 4.34 Å². The van der Waals surface area contributed by atoms with Crippen LogP contribution in [0.1, 0.15) is 5.56 Å². The molecule has 0 fully saturated rings.